The molecule has 1 heterocycles. The highest BCUT2D eigenvalue weighted by atomic mass is 35.5. The van der Waals surface area contributed by atoms with Crippen molar-refractivity contribution in [3.8, 4) is 0 Å². The lowest BCUT2D eigenvalue weighted by Crippen LogP contribution is -2.49. The summed E-state index contributed by atoms with van der Waals surface area (Å²) in [6.45, 7) is 0. The number of rotatable bonds is 5. The van der Waals surface area contributed by atoms with Gasteiger partial charge in [0.25, 0.3) is 0 Å². The summed E-state index contributed by atoms with van der Waals surface area (Å²) in [7, 11) is 1.36. The van der Waals surface area contributed by atoms with Crippen LogP contribution in [-0.2, 0) is 27.2 Å². The third-order valence-corrected chi connectivity index (χ3v) is 4.55. The average Bonchev–Trinajstić information content (AvgIpc) is 2.99. The highest BCUT2D eigenvalue weighted by Gasteiger charge is 2.37. The number of amides is 1. The largest absolute Gasteiger partial charge is 0.469 e. The number of benzene rings is 2. The zero-order valence-corrected chi connectivity index (χ0v) is 15.4. The maximum absolute atomic E-state index is 13.0. The summed E-state index contributed by atoms with van der Waals surface area (Å²) in [5, 5.41) is 0. The van der Waals surface area contributed by atoms with Gasteiger partial charge in [0.2, 0.25) is 5.91 Å². The molecule has 2 atom stereocenters. The first-order valence-corrected chi connectivity index (χ1v) is 8.37. The van der Waals surface area contributed by atoms with Crippen molar-refractivity contribution in [1.82, 2.24) is 0 Å². The second-order valence-corrected chi connectivity index (χ2v) is 6.27. The van der Waals surface area contributed by atoms with E-state index in [9.17, 15) is 9.59 Å². The van der Waals surface area contributed by atoms with E-state index in [1.807, 2.05) is 54.6 Å². The number of nitrogens with zero attached hydrogens (tertiary/aromatic N) is 1. The number of halogens is 1. The Bertz CT molecular complexity index is 767. The number of hydrogen-bond acceptors (Lipinski definition) is 4. The normalized spacial score (nSPS) is 16.4. The Morgan fingerprint density at radius 2 is 1.81 bits per heavy atom. The van der Waals surface area contributed by atoms with Crippen LogP contribution < -0.4 is 10.6 Å². The van der Waals surface area contributed by atoms with Crippen molar-refractivity contribution in [2.45, 2.75) is 31.3 Å². The quantitative estimate of drug-likeness (QED) is 0.816. The SMILES string of the molecule is COC(=O)C[C@H]1Cc2ccccc2N1C(=O)[C@@H](N)Cc1ccccc1.Cl. The number of carbonyl (C=O) groups excluding carboxylic acids is 2. The van der Waals surface area contributed by atoms with Crippen molar-refractivity contribution in [2.24, 2.45) is 5.73 Å². The van der Waals surface area contributed by atoms with Gasteiger partial charge in [-0.2, -0.15) is 0 Å². The minimum Gasteiger partial charge on any atom is -0.469 e. The standard InChI is InChI=1S/C20H22N2O3.ClH/c1-25-19(23)13-16-12-15-9-5-6-10-18(15)22(16)20(24)17(21)11-14-7-3-2-4-8-14;/h2-10,16-17H,11-13,21H2,1H3;1H/t16-,17+;/m1./s1. The second-order valence-electron chi connectivity index (χ2n) is 6.27. The number of ether oxygens (including phenoxy) is 1. The fourth-order valence-electron chi connectivity index (χ4n) is 3.33. The average molecular weight is 375 g/mol. The van der Waals surface area contributed by atoms with E-state index < -0.39 is 6.04 Å². The number of anilines is 1. The summed E-state index contributed by atoms with van der Waals surface area (Å²) in [5.41, 5.74) is 9.11. The molecule has 0 aliphatic carbocycles. The lowest BCUT2D eigenvalue weighted by molar-refractivity contribution is -0.141. The minimum absolute atomic E-state index is 0. The van der Waals surface area contributed by atoms with E-state index in [0.29, 0.717) is 12.8 Å². The topological polar surface area (TPSA) is 72.6 Å². The van der Waals surface area contributed by atoms with Crippen LogP contribution in [0.1, 0.15) is 17.5 Å². The van der Waals surface area contributed by atoms with Crippen molar-refractivity contribution in [3.05, 3.63) is 65.7 Å². The smallest absolute Gasteiger partial charge is 0.307 e. The van der Waals surface area contributed by atoms with Gasteiger partial charge in [0, 0.05) is 5.69 Å². The highest BCUT2D eigenvalue weighted by Crippen LogP contribution is 2.34. The van der Waals surface area contributed by atoms with Gasteiger partial charge >= 0.3 is 5.97 Å². The molecule has 5 nitrogen and oxygen atoms in total. The van der Waals surface area contributed by atoms with E-state index in [4.69, 9.17) is 10.5 Å². The molecule has 0 fully saturated rings. The number of fused-ring (bicyclic) bond motifs is 1. The molecule has 3 rings (SSSR count). The van der Waals surface area contributed by atoms with Crippen LogP contribution in [0, 0.1) is 0 Å². The molecule has 0 aromatic heterocycles. The van der Waals surface area contributed by atoms with Gasteiger partial charge in [0.05, 0.1) is 25.6 Å². The van der Waals surface area contributed by atoms with Gasteiger partial charge in [-0.05, 0) is 30.0 Å². The lowest BCUT2D eigenvalue weighted by Gasteiger charge is -2.27. The monoisotopic (exact) mass is 374 g/mol. The van der Waals surface area contributed by atoms with Crippen molar-refractivity contribution in [3.63, 3.8) is 0 Å². The fraction of sp³-hybridized carbons (Fsp3) is 0.300. The zero-order chi connectivity index (χ0) is 17.8. The molecular formula is C20H23ClN2O3. The second kappa shape index (κ2) is 8.83. The fourth-order valence-corrected chi connectivity index (χ4v) is 3.33. The number of hydrogen-bond donors (Lipinski definition) is 1. The molecule has 0 unspecified atom stereocenters. The Morgan fingerprint density at radius 3 is 2.50 bits per heavy atom. The first-order valence-electron chi connectivity index (χ1n) is 8.37. The van der Waals surface area contributed by atoms with Crippen LogP contribution in [-0.4, -0.2) is 31.1 Å². The molecule has 1 aliphatic rings. The molecule has 2 aromatic carbocycles. The minimum atomic E-state index is -0.659. The molecule has 0 radical (unpaired) electrons. The van der Waals surface area contributed by atoms with Gasteiger partial charge in [-0.3, -0.25) is 9.59 Å². The van der Waals surface area contributed by atoms with Gasteiger partial charge in [0.15, 0.2) is 0 Å². The number of nitrogens with two attached hydrogens (primary N) is 1. The van der Waals surface area contributed by atoms with Crippen LogP contribution in [0.5, 0.6) is 0 Å². The van der Waals surface area contributed by atoms with E-state index in [0.717, 1.165) is 16.8 Å². The van der Waals surface area contributed by atoms with Crippen molar-refractivity contribution in [2.75, 3.05) is 12.0 Å². The van der Waals surface area contributed by atoms with Crippen LogP contribution in [0.25, 0.3) is 0 Å². The maximum atomic E-state index is 13.0. The van der Waals surface area contributed by atoms with Gasteiger partial charge in [0.1, 0.15) is 0 Å². The van der Waals surface area contributed by atoms with Crippen LogP contribution in [0.2, 0.25) is 0 Å². The maximum Gasteiger partial charge on any atom is 0.307 e. The van der Waals surface area contributed by atoms with Gasteiger partial charge < -0.3 is 15.4 Å². The molecule has 2 aromatic rings. The third-order valence-electron chi connectivity index (χ3n) is 4.55. The molecule has 26 heavy (non-hydrogen) atoms. The lowest BCUT2D eigenvalue weighted by atomic mass is 10.0. The predicted molar refractivity (Wildman–Crippen MR) is 103 cm³/mol. The van der Waals surface area contributed by atoms with Crippen molar-refractivity contribution < 1.29 is 14.3 Å². The Balaban J connectivity index is 0.00000243. The number of para-hydroxylation sites is 1. The Hall–Kier alpha value is -2.37. The molecule has 0 bridgehead atoms. The molecule has 0 saturated heterocycles. The summed E-state index contributed by atoms with van der Waals surface area (Å²) in [6, 6.07) is 16.5. The predicted octanol–water partition coefficient (Wildman–Crippen LogP) is 2.50. The van der Waals surface area contributed by atoms with Gasteiger partial charge in [-0.1, -0.05) is 48.5 Å². The van der Waals surface area contributed by atoms with E-state index >= 15 is 0 Å². The zero-order valence-electron chi connectivity index (χ0n) is 14.6. The van der Waals surface area contributed by atoms with Crippen LogP contribution in [0.15, 0.2) is 54.6 Å². The third kappa shape index (κ3) is 4.23. The molecule has 2 N–H and O–H groups in total. The van der Waals surface area contributed by atoms with E-state index in [-0.39, 0.29) is 36.7 Å². The summed E-state index contributed by atoms with van der Waals surface area (Å²) in [5.74, 6) is -0.491. The summed E-state index contributed by atoms with van der Waals surface area (Å²) < 4.78 is 4.79. The molecule has 0 saturated carbocycles. The van der Waals surface area contributed by atoms with Gasteiger partial charge in [-0.15, -0.1) is 12.4 Å². The molecule has 0 spiro atoms. The van der Waals surface area contributed by atoms with Crippen molar-refractivity contribution in [1.29, 1.82) is 0 Å². The molecule has 1 aliphatic heterocycles. The van der Waals surface area contributed by atoms with Crippen LogP contribution in [0.4, 0.5) is 5.69 Å². The van der Waals surface area contributed by atoms with E-state index in [1.54, 1.807) is 4.90 Å². The van der Waals surface area contributed by atoms with Gasteiger partial charge in [-0.25, -0.2) is 0 Å². The number of methoxy groups -OCH3 is 1. The molecular weight excluding hydrogens is 352 g/mol. The summed E-state index contributed by atoms with van der Waals surface area (Å²) in [6.07, 6.45) is 1.26. The molecule has 1 amide bonds. The van der Waals surface area contributed by atoms with Crippen LogP contribution >= 0.6 is 12.4 Å². The van der Waals surface area contributed by atoms with Crippen molar-refractivity contribution >= 4 is 30.0 Å². The van der Waals surface area contributed by atoms with E-state index in [1.165, 1.54) is 7.11 Å². The van der Waals surface area contributed by atoms with E-state index in [2.05, 4.69) is 0 Å². The van der Waals surface area contributed by atoms with Crippen LogP contribution in [0.3, 0.4) is 0 Å². The Kier molecular flexibility index (Phi) is 6.77. The molecule has 6 heteroatoms. The number of carbonyl (C=O) groups is 2. The molecule has 138 valence electrons. The summed E-state index contributed by atoms with van der Waals surface area (Å²) in [4.78, 5) is 26.5. The Morgan fingerprint density at radius 1 is 1.15 bits per heavy atom. The Labute approximate surface area is 159 Å². The first-order chi connectivity index (χ1) is 12.1. The summed E-state index contributed by atoms with van der Waals surface area (Å²) >= 11 is 0. The first kappa shape index (κ1) is 19.9. The number of esters is 1. The highest BCUT2D eigenvalue weighted by molar-refractivity contribution is 6.00.